The molecule has 0 bridgehead atoms. The smallest absolute Gasteiger partial charge is 0.270 e. The predicted molar refractivity (Wildman–Crippen MR) is 71.8 cm³/mol. The molecule has 102 valence electrons. The minimum atomic E-state index is -0.141. The first kappa shape index (κ1) is 13.6. The van der Waals surface area contributed by atoms with Gasteiger partial charge >= 0.3 is 0 Å². The Balaban J connectivity index is 1.71. The topological polar surface area (TPSA) is 98.7 Å². The summed E-state index contributed by atoms with van der Waals surface area (Å²) in [7, 11) is 0. The highest BCUT2D eigenvalue weighted by Crippen LogP contribution is 2.09. The first-order valence-electron chi connectivity index (χ1n) is 6.06. The van der Waals surface area contributed by atoms with Crippen LogP contribution in [0.3, 0.4) is 0 Å². The van der Waals surface area contributed by atoms with Crippen LogP contribution in [0.25, 0.3) is 0 Å². The molecule has 8 heteroatoms. The molecular formula is C11H16N6OS. The van der Waals surface area contributed by atoms with Crippen LogP contribution in [0.15, 0.2) is 17.8 Å². The predicted octanol–water partition coefficient (Wildman–Crippen LogP) is 0.0559. The molecule has 2 heterocycles. The van der Waals surface area contributed by atoms with Gasteiger partial charge in [-0.05, 0) is 13.0 Å². The Hall–Kier alpha value is -1.80. The van der Waals surface area contributed by atoms with Crippen molar-refractivity contribution >= 4 is 17.2 Å². The number of amides is 1. The number of nitrogens with one attached hydrogen (secondary N) is 1. The van der Waals surface area contributed by atoms with Gasteiger partial charge in [0.05, 0.1) is 11.2 Å². The zero-order valence-corrected chi connectivity index (χ0v) is 11.3. The number of carbonyl (C=O) groups excluding carboxylic acids is 1. The number of thiazole rings is 1. The summed E-state index contributed by atoms with van der Waals surface area (Å²) in [5, 5.41) is 13.0. The van der Waals surface area contributed by atoms with E-state index in [0.29, 0.717) is 25.2 Å². The Kier molecular flexibility index (Phi) is 4.99. The zero-order valence-electron chi connectivity index (χ0n) is 10.5. The normalized spacial score (nSPS) is 10.6. The first-order chi connectivity index (χ1) is 9.29. The van der Waals surface area contributed by atoms with E-state index in [1.54, 1.807) is 22.5 Å². The van der Waals surface area contributed by atoms with E-state index in [0.717, 1.165) is 18.0 Å². The zero-order chi connectivity index (χ0) is 13.5. The molecule has 0 aliphatic rings. The minimum absolute atomic E-state index is 0.141. The van der Waals surface area contributed by atoms with Crippen molar-refractivity contribution in [3.63, 3.8) is 0 Å². The molecule has 0 saturated heterocycles. The Morgan fingerprint density at radius 3 is 3.16 bits per heavy atom. The quantitative estimate of drug-likeness (QED) is 0.699. The van der Waals surface area contributed by atoms with Crippen LogP contribution < -0.4 is 11.1 Å². The summed E-state index contributed by atoms with van der Waals surface area (Å²) in [6, 6.07) is 0. The molecule has 0 saturated carbocycles. The number of nitrogens with two attached hydrogens (primary N) is 1. The molecule has 7 nitrogen and oxygen atoms in total. The van der Waals surface area contributed by atoms with Crippen LogP contribution in [0, 0.1) is 0 Å². The summed E-state index contributed by atoms with van der Waals surface area (Å²) in [4.78, 5) is 16.0. The van der Waals surface area contributed by atoms with Crippen LogP contribution in [-0.4, -0.2) is 39.0 Å². The standard InChI is InChI=1S/C11H16N6OS/c12-3-2-10-15-9(8-19-10)11(18)13-4-1-6-17-7-5-14-16-17/h5,7-8H,1-4,6,12H2,(H,13,18). The van der Waals surface area contributed by atoms with Crippen molar-refractivity contribution in [3.8, 4) is 0 Å². The van der Waals surface area contributed by atoms with Gasteiger partial charge in [-0.15, -0.1) is 16.4 Å². The highest BCUT2D eigenvalue weighted by Gasteiger charge is 2.09. The first-order valence-corrected chi connectivity index (χ1v) is 6.94. The number of nitrogens with zero attached hydrogens (tertiary/aromatic N) is 4. The summed E-state index contributed by atoms with van der Waals surface area (Å²) in [6.07, 6.45) is 4.94. The lowest BCUT2D eigenvalue weighted by atomic mass is 10.4. The molecule has 0 aliphatic carbocycles. The van der Waals surface area contributed by atoms with Gasteiger partial charge in [0.1, 0.15) is 5.69 Å². The number of aryl methyl sites for hydroxylation is 1. The van der Waals surface area contributed by atoms with Crippen LogP contribution in [0.2, 0.25) is 0 Å². The number of rotatable bonds is 7. The van der Waals surface area contributed by atoms with Crippen molar-refractivity contribution in [1.82, 2.24) is 25.3 Å². The number of aromatic nitrogens is 4. The lowest BCUT2D eigenvalue weighted by Crippen LogP contribution is -2.25. The molecule has 2 aromatic rings. The van der Waals surface area contributed by atoms with E-state index in [9.17, 15) is 4.79 Å². The summed E-state index contributed by atoms with van der Waals surface area (Å²) in [6.45, 7) is 1.87. The highest BCUT2D eigenvalue weighted by molar-refractivity contribution is 7.09. The van der Waals surface area contributed by atoms with Gasteiger partial charge in [-0.1, -0.05) is 5.21 Å². The van der Waals surface area contributed by atoms with Gasteiger partial charge in [-0.25, -0.2) is 4.98 Å². The maximum Gasteiger partial charge on any atom is 0.270 e. The highest BCUT2D eigenvalue weighted by atomic mass is 32.1. The number of hydrogen-bond donors (Lipinski definition) is 2. The second-order valence-electron chi connectivity index (χ2n) is 3.94. The third-order valence-electron chi connectivity index (χ3n) is 2.46. The fourth-order valence-electron chi connectivity index (χ4n) is 1.54. The average Bonchev–Trinajstić information content (AvgIpc) is 3.06. The van der Waals surface area contributed by atoms with Crippen LogP contribution >= 0.6 is 11.3 Å². The molecule has 0 unspecified atom stereocenters. The molecule has 0 spiro atoms. The van der Waals surface area contributed by atoms with Crippen molar-refractivity contribution in [2.75, 3.05) is 13.1 Å². The van der Waals surface area contributed by atoms with E-state index in [1.807, 2.05) is 0 Å². The molecule has 0 radical (unpaired) electrons. The van der Waals surface area contributed by atoms with Gasteiger partial charge in [-0.3, -0.25) is 9.48 Å². The Morgan fingerprint density at radius 1 is 1.53 bits per heavy atom. The molecule has 0 atom stereocenters. The van der Waals surface area contributed by atoms with Crippen molar-refractivity contribution in [2.45, 2.75) is 19.4 Å². The van der Waals surface area contributed by atoms with E-state index in [2.05, 4.69) is 20.6 Å². The Labute approximate surface area is 114 Å². The summed E-state index contributed by atoms with van der Waals surface area (Å²) >= 11 is 1.47. The minimum Gasteiger partial charge on any atom is -0.351 e. The fourth-order valence-corrected chi connectivity index (χ4v) is 2.33. The molecule has 19 heavy (non-hydrogen) atoms. The van der Waals surface area contributed by atoms with Gasteiger partial charge < -0.3 is 11.1 Å². The van der Waals surface area contributed by atoms with E-state index in [1.165, 1.54) is 11.3 Å². The monoisotopic (exact) mass is 280 g/mol. The van der Waals surface area contributed by atoms with Crippen LogP contribution in [0.4, 0.5) is 0 Å². The largest absolute Gasteiger partial charge is 0.351 e. The van der Waals surface area contributed by atoms with Gasteiger partial charge in [0.15, 0.2) is 0 Å². The second kappa shape index (κ2) is 6.95. The summed E-state index contributed by atoms with van der Waals surface area (Å²) in [5.41, 5.74) is 5.91. The van der Waals surface area contributed by atoms with Crippen LogP contribution in [0.5, 0.6) is 0 Å². The van der Waals surface area contributed by atoms with Crippen LogP contribution in [0.1, 0.15) is 21.9 Å². The van der Waals surface area contributed by atoms with Crippen molar-refractivity contribution < 1.29 is 4.79 Å². The Morgan fingerprint density at radius 2 is 2.42 bits per heavy atom. The van der Waals surface area contributed by atoms with Crippen LogP contribution in [-0.2, 0) is 13.0 Å². The van der Waals surface area contributed by atoms with E-state index < -0.39 is 0 Å². The lowest BCUT2D eigenvalue weighted by Gasteiger charge is -2.03. The molecule has 0 fully saturated rings. The molecular weight excluding hydrogens is 264 g/mol. The van der Waals surface area contributed by atoms with Crippen molar-refractivity contribution in [2.24, 2.45) is 5.73 Å². The molecule has 3 N–H and O–H groups in total. The Bertz CT molecular complexity index is 509. The maximum atomic E-state index is 11.8. The van der Waals surface area contributed by atoms with E-state index >= 15 is 0 Å². The lowest BCUT2D eigenvalue weighted by molar-refractivity contribution is 0.0948. The third-order valence-corrected chi connectivity index (χ3v) is 3.37. The van der Waals surface area contributed by atoms with Gasteiger partial charge in [0.2, 0.25) is 0 Å². The molecule has 0 aromatic carbocycles. The van der Waals surface area contributed by atoms with Gasteiger partial charge in [0, 0.05) is 31.1 Å². The van der Waals surface area contributed by atoms with Crippen molar-refractivity contribution in [3.05, 3.63) is 28.5 Å². The average molecular weight is 280 g/mol. The summed E-state index contributed by atoms with van der Waals surface area (Å²) < 4.78 is 1.73. The second-order valence-corrected chi connectivity index (χ2v) is 4.88. The van der Waals surface area contributed by atoms with E-state index in [-0.39, 0.29) is 5.91 Å². The third kappa shape index (κ3) is 4.11. The molecule has 2 rings (SSSR count). The van der Waals surface area contributed by atoms with Gasteiger partial charge in [0.25, 0.3) is 5.91 Å². The van der Waals surface area contributed by atoms with Crippen molar-refractivity contribution in [1.29, 1.82) is 0 Å². The number of carbonyl (C=O) groups is 1. The summed E-state index contributed by atoms with van der Waals surface area (Å²) in [5.74, 6) is -0.141. The molecule has 1 amide bonds. The number of hydrogen-bond acceptors (Lipinski definition) is 6. The molecule has 0 aliphatic heterocycles. The SMILES string of the molecule is NCCc1nc(C(=O)NCCCn2ccnn2)cs1. The van der Waals surface area contributed by atoms with E-state index in [4.69, 9.17) is 5.73 Å². The maximum absolute atomic E-state index is 11.8. The van der Waals surface area contributed by atoms with Gasteiger partial charge in [-0.2, -0.15) is 0 Å². The molecule has 2 aromatic heterocycles. The fraction of sp³-hybridized carbons (Fsp3) is 0.455.